The Hall–Kier alpha value is -1.73. The highest BCUT2D eigenvalue weighted by molar-refractivity contribution is 7.09. The number of carbonyl (C=O) groups is 1. The monoisotopic (exact) mass is 280 g/mol. The lowest BCUT2D eigenvalue weighted by atomic mass is 10.2. The Morgan fingerprint density at radius 2 is 2.26 bits per heavy atom. The smallest absolute Gasteiger partial charge is 0.273 e. The van der Waals surface area contributed by atoms with E-state index in [1.54, 1.807) is 17.3 Å². The minimum Gasteiger partial charge on any atom is -0.361 e. The number of amides is 1. The van der Waals surface area contributed by atoms with E-state index in [0.717, 1.165) is 22.0 Å². The van der Waals surface area contributed by atoms with E-state index in [9.17, 15) is 4.79 Å². The Labute approximate surface area is 115 Å². The van der Waals surface area contributed by atoms with Crippen molar-refractivity contribution in [1.29, 1.82) is 0 Å². The molecule has 6 nitrogen and oxygen atoms in total. The fourth-order valence-corrected chi connectivity index (χ4v) is 2.38. The number of rotatable bonds is 4. The van der Waals surface area contributed by atoms with E-state index < -0.39 is 0 Å². The molecule has 2 N–H and O–H groups in total. The summed E-state index contributed by atoms with van der Waals surface area (Å²) in [7, 11) is 1.73. The molecule has 2 heterocycles. The summed E-state index contributed by atoms with van der Waals surface area (Å²) in [6.45, 7) is 4.50. The fourth-order valence-electron chi connectivity index (χ4n) is 1.74. The number of hydrogen-bond donors (Lipinski definition) is 1. The van der Waals surface area contributed by atoms with Gasteiger partial charge >= 0.3 is 0 Å². The summed E-state index contributed by atoms with van der Waals surface area (Å²) in [5.41, 5.74) is 7.66. The van der Waals surface area contributed by atoms with Gasteiger partial charge in [0, 0.05) is 24.5 Å². The molecule has 0 aliphatic carbocycles. The first-order chi connectivity index (χ1) is 9.02. The SMILES string of the molecule is Cc1noc(C)c1CN(C)C(=O)c1csc(CN)n1. The van der Waals surface area contributed by atoms with Gasteiger partial charge in [0.05, 0.1) is 12.2 Å². The molecule has 19 heavy (non-hydrogen) atoms. The summed E-state index contributed by atoms with van der Waals surface area (Å²) in [4.78, 5) is 18.0. The van der Waals surface area contributed by atoms with E-state index in [0.29, 0.717) is 18.8 Å². The summed E-state index contributed by atoms with van der Waals surface area (Å²) >= 11 is 1.40. The van der Waals surface area contributed by atoms with Crippen LogP contribution in [-0.4, -0.2) is 28.0 Å². The van der Waals surface area contributed by atoms with Crippen molar-refractivity contribution in [2.24, 2.45) is 5.73 Å². The number of nitrogens with two attached hydrogens (primary N) is 1. The summed E-state index contributed by atoms with van der Waals surface area (Å²) in [5.74, 6) is 0.606. The lowest BCUT2D eigenvalue weighted by Crippen LogP contribution is -2.27. The first kappa shape index (κ1) is 13.7. The van der Waals surface area contributed by atoms with Gasteiger partial charge in [-0.15, -0.1) is 11.3 Å². The standard InChI is InChI=1S/C12H16N4O2S/c1-7-9(8(2)18-15-7)5-16(3)12(17)10-6-19-11(4-13)14-10/h6H,4-5,13H2,1-3H3. The molecule has 0 radical (unpaired) electrons. The molecule has 0 bridgehead atoms. The van der Waals surface area contributed by atoms with Gasteiger partial charge in [-0.3, -0.25) is 4.79 Å². The molecule has 0 saturated heterocycles. The molecule has 7 heteroatoms. The van der Waals surface area contributed by atoms with Gasteiger partial charge < -0.3 is 15.2 Å². The molecule has 0 aromatic carbocycles. The van der Waals surface area contributed by atoms with E-state index in [4.69, 9.17) is 10.3 Å². The van der Waals surface area contributed by atoms with E-state index in [1.807, 2.05) is 13.8 Å². The number of nitrogens with zero attached hydrogens (tertiary/aromatic N) is 3. The van der Waals surface area contributed by atoms with Crippen LogP contribution in [0.1, 0.15) is 32.5 Å². The van der Waals surface area contributed by atoms with Gasteiger partial charge in [-0.2, -0.15) is 0 Å². The average molecular weight is 280 g/mol. The molecule has 0 spiro atoms. The van der Waals surface area contributed by atoms with Gasteiger partial charge in [0.1, 0.15) is 16.5 Å². The van der Waals surface area contributed by atoms with Crippen LogP contribution < -0.4 is 5.73 Å². The van der Waals surface area contributed by atoms with E-state index >= 15 is 0 Å². The Bertz CT molecular complexity index is 571. The van der Waals surface area contributed by atoms with Crippen molar-refractivity contribution in [2.75, 3.05) is 7.05 Å². The first-order valence-corrected chi connectivity index (χ1v) is 6.72. The van der Waals surface area contributed by atoms with Gasteiger partial charge in [-0.05, 0) is 13.8 Å². The van der Waals surface area contributed by atoms with E-state index in [1.165, 1.54) is 11.3 Å². The lowest BCUT2D eigenvalue weighted by molar-refractivity contribution is 0.0779. The molecule has 0 saturated carbocycles. The predicted octanol–water partition coefficient (Wildman–Crippen LogP) is 1.48. The molecular formula is C12H16N4O2S. The molecule has 2 aromatic heterocycles. The van der Waals surface area contributed by atoms with Crippen molar-refractivity contribution in [3.63, 3.8) is 0 Å². The molecule has 0 aliphatic rings. The Balaban J connectivity index is 2.11. The predicted molar refractivity (Wildman–Crippen MR) is 71.8 cm³/mol. The zero-order valence-corrected chi connectivity index (χ0v) is 12.0. The number of aryl methyl sites for hydroxylation is 2. The second-order valence-electron chi connectivity index (χ2n) is 4.29. The maximum Gasteiger partial charge on any atom is 0.273 e. The second-order valence-corrected chi connectivity index (χ2v) is 5.24. The van der Waals surface area contributed by atoms with Crippen LogP contribution in [0.2, 0.25) is 0 Å². The van der Waals surface area contributed by atoms with Crippen molar-refractivity contribution in [3.8, 4) is 0 Å². The van der Waals surface area contributed by atoms with Crippen LogP contribution in [0.3, 0.4) is 0 Å². The van der Waals surface area contributed by atoms with Crippen LogP contribution in [-0.2, 0) is 13.1 Å². The maximum atomic E-state index is 12.2. The molecule has 0 aliphatic heterocycles. The van der Waals surface area contributed by atoms with Crippen molar-refractivity contribution in [2.45, 2.75) is 26.9 Å². The third-order valence-corrected chi connectivity index (χ3v) is 3.74. The minimum absolute atomic E-state index is 0.129. The topological polar surface area (TPSA) is 85.2 Å². The van der Waals surface area contributed by atoms with Crippen LogP contribution in [0.5, 0.6) is 0 Å². The van der Waals surface area contributed by atoms with Gasteiger partial charge in [0.2, 0.25) is 0 Å². The first-order valence-electron chi connectivity index (χ1n) is 5.84. The van der Waals surface area contributed by atoms with E-state index in [-0.39, 0.29) is 5.91 Å². The van der Waals surface area contributed by atoms with Gasteiger partial charge in [-0.1, -0.05) is 5.16 Å². The number of carbonyl (C=O) groups excluding carboxylic acids is 1. The number of thiazole rings is 1. The molecular weight excluding hydrogens is 264 g/mol. The summed E-state index contributed by atoms with van der Waals surface area (Å²) in [6.07, 6.45) is 0. The quantitative estimate of drug-likeness (QED) is 0.916. The van der Waals surface area contributed by atoms with Crippen LogP contribution in [0, 0.1) is 13.8 Å². The van der Waals surface area contributed by atoms with Gasteiger partial charge in [0.15, 0.2) is 0 Å². The zero-order chi connectivity index (χ0) is 14.0. The summed E-state index contributed by atoms with van der Waals surface area (Å²) in [6, 6.07) is 0. The summed E-state index contributed by atoms with van der Waals surface area (Å²) < 4.78 is 5.09. The number of hydrogen-bond acceptors (Lipinski definition) is 6. The Kier molecular flexibility index (Phi) is 3.96. The fraction of sp³-hybridized carbons (Fsp3) is 0.417. The largest absolute Gasteiger partial charge is 0.361 e. The molecule has 102 valence electrons. The molecule has 0 unspecified atom stereocenters. The molecule has 0 fully saturated rings. The van der Waals surface area contributed by atoms with Crippen molar-refractivity contribution in [3.05, 3.63) is 33.1 Å². The second kappa shape index (κ2) is 5.50. The van der Waals surface area contributed by atoms with Crippen LogP contribution >= 0.6 is 11.3 Å². The third-order valence-electron chi connectivity index (χ3n) is 2.87. The van der Waals surface area contributed by atoms with Gasteiger partial charge in [-0.25, -0.2) is 4.98 Å². The minimum atomic E-state index is -0.129. The third kappa shape index (κ3) is 2.82. The van der Waals surface area contributed by atoms with Crippen molar-refractivity contribution >= 4 is 17.2 Å². The molecule has 2 aromatic rings. The van der Waals surface area contributed by atoms with Crippen LogP contribution in [0.25, 0.3) is 0 Å². The van der Waals surface area contributed by atoms with Crippen molar-refractivity contribution in [1.82, 2.24) is 15.0 Å². The molecule has 2 rings (SSSR count). The zero-order valence-electron chi connectivity index (χ0n) is 11.1. The lowest BCUT2D eigenvalue weighted by Gasteiger charge is -2.15. The highest BCUT2D eigenvalue weighted by atomic mass is 32.1. The molecule has 0 atom stereocenters. The summed E-state index contributed by atoms with van der Waals surface area (Å²) in [5, 5.41) is 6.36. The maximum absolute atomic E-state index is 12.2. The normalized spacial score (nSPS) is 10.7. The Morgan fingerprint density at radius 3 is 2.79 bits per heavy atom. The van der Waals surface area contributed by atoms with Crippen LogP contribution in [0.15, 0.2) is 9.90 Å². The highest BCUT2D eigenvalue weighted by Gasteiger charge is 2.18. The van der Waals surface area contributed by atoms with Crippen molar-refractivity contribution < 1.29 is 9.32 Å². The van der Waals surface area contributed by atoms with E-state index in [2.05, 4.69) is 10.1 Å². The average Bonchev–Trinajstić information content (AvgIpc) is 2.99. The Morgan fingerprint density at radius 1 is 1.53 bits per heavy atom. The van der Waals surface area contributed by atoms with Gasteiger partial charge in [0.25, 0.3) is 5.91 Å². The highest BCUT2D eigenvalue weighted by Crippen LogP contribution is 2.16. The number of aromatic nitrogens is 2. The molecule has 1 amide bonds. The van der Waals surface area contributed by atoms with Crippen LogP contribution in [0.4, 0.5) is 0 Å².